The molecule has 0 amide bonds. The van der Waals surface area contributed by atoms with Crippen LogP contribution in [-0.4, -0.2) is 9.99 Å². The molecule has 2 fully saturated rings. The minimum Gasteiger partial charge on any atom is -0.293 e. The number of Topliss-reactive ketones (excluding diaryl/α,β-unsaturated/α-hetero) is 1. The molecule has 28 heavy (non-hydrogen) atoms. The molecule has 2 nitrogen and oxygen atoms in total. The number of carbonyl (C=O) groups is 1. The number of benzene rings is 2. The van der Waals surface area contributed by atoms with Gasteiger partial charge in [-0.15, -0.1) is 0 Å². The molecule has 0 N–H and O–H groups in total. The second kappa shape index (κ2) is 11.7. The van der Waals surface area contributed by atoms with Gasteiger partial charge in [0.05, 0.1) is 22.0 Å². The van der Waals surface area contributed by atoms with Gasteiger partial charge >= 0.3 is 17.1 Å². The second-order valence-corrected chi connectivity index (χ2v) is 7.49. The first-order chi connectivity index (χ1) is 13.2. The molecule has 4 rings (SSSR count). The van der Waals surface area contributed by atoms with Crippen LogP contribution in [0.1, 0.15) is 15.9 Å². The smallest absolute Gasteiger partial charge is 0.293 e. The van der Waals surface area contributed by atoms with Crippen molar-refractivity contribution in [2.45, 2.75) is 11.8 Å². The van der Waals surface area contributed by atoms with Crippen LogP contribution in [-0.2, 0) is 27.9 Å². The van der Waals surface area contributed by atoms with Gasteiger partial charge in [0.1, 0.15) is 0 Å². The number of hydrogen-bond acceptors (Lipinski definition) is 2. The van der Waals surface area contributed by atoms with Crippen molar-refractivity contribution >= 4 is 16.6 Å². The van der Waals surface area contributed by atoms with Gasteiger partial charge in [0.2, 0.25) is 0 Å². The van der Waals surface area contributed by atoms with E-state index in [1.54, 1.807) is 31.4 Å². The average molecular weight is 428 g/mol. The van der Waals surface area contributed by atoms with Gasteiger partial charge in [-0.1, -0.05) is 48.0 Å². The molecule has 0 heterocycles. The fourth-order valence-electron chi connectivity index (χ4n) is 2.61. The first-order valence-corrected chi connectivity index (χ1v) is 9.82. The summed E-state index contributed by atoms with van der Waals surface area (Å²) in [6.45, 7) is 1.99. The van der Waals surface area contributed by atoms with Crippen molar-refractivity contribution in [1.29, 1.82) is 0 Å². The Hall–Kier alpha value is -1.22. The number of hydrogen-bond donors (Lipinski definition) is 0. The zero-order valence-electron chi connectivity index (χ0n) is 15.4. The van der Waals surface area contributed by atoms with Gasteiger partial charge in [0.15, 0.2) is 5.78 Å². The van der Waals surface area contributed by atoms with Crippen molar-refractivity contribution in [2.75, 3.05) is 0 Å². The van der Waals surface area contributed by atoms with Crippen LogP contribution in [0.25, 0.3) is 0 Å². The third-order valence-corrected chi connectivity index (χ3v) is 5.50. The van der Waals surface area contributed by atoms with E-state index in [9.17, 15) is 9.00 Å². The molecule has 0 bridgehead atoms. The van der Waals surface area contributed by atoms with E-state index in [2.05, 4.69) is 0 Å². The molecule has 2 aromatic rings. The van der Waals surface area contributed by atoms with Crippen LogP contribution in [0.15, 0.2) is 59.5 Å². The zero-order valence-corrected chi connectivity index (χ0v) is 17.3. The van der Waals surface area contributed by atoms with Crippen LogP contribution in [0.3, 0.4) is 0 Å². The Kier molecular flexibility index (Phi) is 9.64. The fourth-order valence-corrected chi connectivity index (χ4v) is 3.81. The minimum atomic E-state index is -1.35. The molecule has 10 radical (unpaired) electrons. The summed E-state index contributed by atoms with van der Waals surface area (Å²) in [6.07, 6.45) is 15.3. The van der Waals surface area contributed by atoms with Crippen LogP contribution in [0, 0.1) is 69.5 Å². The number of aryl methyl sites for hydroxylation is 1. The summed E-state index contributed by atoms with van der Waals surface area (Å²) in [4.78, 5) is 13.3. The molecule has 140 valence electrons. The Balaban J connectivity index is 0.000000408. The Morgan fingerprint density at radius 2 is 1.32 bits per heavy atom. The van der Waals surface area contributed by atoms with Crippen molar-refractivity contribution in [3.8, 4) is 0 Å². The predicted molar refractivity (Wildman–Crippen MR) is 109 cm³/mol. The standard InChI is InChI=1S/C19H15O2S.C5H5.Fe/c1-14-10-12-16(13-11-14)22(21)18-9-5-8-17(18)19(20)15-6-3-2-4-7-15;1-2-4-5-3-1;/h2-13H,1H3;1-5H;/q;;+2/t22-;;/m0../s1. The van der Waals surface area contributed by atoms with E-state index in [-0.39, 0.29) is 22.9 Å². The van der Waals surface area contributed by atoms with Crippen LogP contribution < -0.4 is 0 Å². The van der Waals surface area contributed by atoms with Crippen molar-refractivity contribution in [3.63, 3.8) is 0 Å². The zero-order chi connectivity index (χ0) is 19.1. The molecule has 0 aromatic heterocycles. The molecule has 1 atom stereocenters. The predicted octanol–water partition coefficient (Wildman–Crippen LogP) is 4.74. The second-order valence-electron chi connectivity index (χ2n) is 6.04. The monoisotopic (exact) mass is 428 g/mol. The van der Waals surface area contributed by atoms with E-state index < -0.39 is 10.8 Å². The summed E-state index contributed by atoms with van der Waals surface area (Å²) in [6, 6.07) is 16.6. The van der Waals surface area contributed by atoms with Crippen LogP contribution in [0.4, 0.5) is 0 Å². The van der Waals surface area contributed by atoms with Crippen LogP contribution in [0.2, 0.25) is 0 Å². The molecule has 0 spiro atoms. The van der Waals surface area contributed by atoms with Gasteiger partial charge in [0, 0.05) is 10.5 Å². The number of ketones is 1. The van der Waals surface area contributed by atoms with Crippen LogP contribution in [0.5, 0.6) is 0 Å². The summed E-state index contributed by atoms with van der Waals surface area (Å²) < 4.78 is 12.7. The number of rotatable bonds is 4. The molecule has 2 aromatic carbocycles. The molecule has 0 unspecified atom stereocenters. The Labute approximate surface area is 182 Å². The van der Waals surface area contributed by atoms with E-state index in [1.807, 2.05) is 81.5 Å². The van der Waals surface area contributed by atoms with Crippen molar-refractivity contribution in [2.24, 2.45) is 0 Å². The van der Waals surface area contributed by atoms with E-state index in [0.717, 1.165) is 5.56 Å². The molecule has 0 aliphatic heterocycles. The van der Waals surface area contributed by atoms with E-state index >= 15 is 0 Å². The topological polar surface area (TPSA) is 34.1 Å². The molecule has 2 aliphatic carbocycles. The summed E-state index contributed by atoms with van der Waals surface area (Å²) in [7, 11) is -1.35. The minimum absolute atomic E-state index is 0. The van der Waals surface area contributed by atoms with Gasteiger partial charge in [-0.3, -0.25) is 9.00 Å². The van der Waals surface area contributed by atoms with Gasteiger partial charge in [-0.05, 0) is 70.4 Å². The molecular weight excluding hydrogens is 408 g/mol. The largest absolute Gasteiger partial charge is 2.00 e. The molecule has 2 aliphatic rings. The van der Waals surface area contributed by atoms with Crippen molar-refractivity contribution in [3.05, 3.63) is 128 Å². The van der Waals surface area contributed by atoms with Gasteiger partial charge in [0.25, 0.3) is 0 Å². The summed E-state index contributed by atoms with van der Waals surface area (Å²) in [5.41, 5.74) is 1.72. The number of carbonyl (C=O) groups excluding carboxylic acids is 1. The molecule has 0 saturated heterocycles. The van der Waals surface area contributed by atoms with Crippen molar-refractivity contribution in [1.82, 2.24) is 0 Å². The van der Waals surface area contributed by atoms with Crippen LogP contribution >= 0.6 is 0 Å². The van der Waals surface area contributed by atoms with Crippen molar-refractivity contribution < 1.29 is 26.1 Å². The van der Waals surface area contributed by atoms with Gasteiger partial charge in [-0.25, -0.2) is 0 Å². The fraction of sp³-hybridized carbons (Fsp3) is 0.0417. The molecule has 4 heteroatoms. The summed E-state index contributed by atoms with van der Waals surface area (Å²) >= 11 is 0. The van der Waals surface area contributed by atoms with E-state index in [1.165, 1.54) is 0 Å². The first kappa shape index (κ1) is 23.1. The summed E-state index contributed by atoms with van der Waals surface area (Å²) in [5.74, 6) is 0.408. The third kappa shape index (κ3) is 6.14. The Morgan fingerprint density at radius 1 is 0.750 bits per heavy atom. The van der Waals surface area contributed by atoms with Gasteiger partial charge in [-0.2, -0.15) is 0 Å². The maximum atomic E-state index is 12.7. The van der Waals surface area contributed by atoms with E-state index in [0.29, 0.717) is 21.6 Å². The average Bonchev–Trinajstić information content (AvgIpc) is 3.43. The Bertz CT molecular complexity index is 746. The SMILES string of the molecule is Cc1ccc([S@](=O)[C]2[CH][CH][CH][C]2C(=O)c2ccccc2)cc1.[CH]1[CH][CH][CH][CH]1.[Fe+2]. The Morgan fingerprint density at radius 3 is 1.89 bits per heavy atom. The molecular formula is C24H20FeO2S+2. The normalized spacial score (nSPS) is 18.0. The first-order valence-electron chi connectivity index (χ1n) is 8.67. The molecule has 2 saturated carbocycles. The van der Waals surface area contributed by atoms with Gasteiger partial charge < -0.3 is 0 Å². The third-order valence-electron chi connectivity index (χ3n) is 4.05. The maximum Gasteiger partial charge on any atom is 2.00 e. The summed E-state index contributed by atoms with van der Waals surface area (Å²) in [5, 5.41) is 0.567. The quantitative estimate of drug-likeness (QED) is 0.521. The van der Waals surface area contributed by atoms with E-state index in [4.69, 9.17) is 0 Å². The maximum absolute atomic E-state index is 12.7.